The van der Waals surface area contributed by atoms with Crippen LogP contribution in [0, 0.1) is 0 Å². The average molecular weight is 378 g/mol. The van der Waals surface area contributed by atoms with E-state index in [9.17, 15) is 8.42 Å². The van der Waals surface area contributed by atoms with Crippen LogP contribution in [0.3, 0.4) is 0 Å². The fourth-order valence-corrected chi connectivity index (χ4v) is 4.78. The lowest BCUT2D eigenvalue weighted by Crippen LogP contribution is -2.56. The maximum Gasteiger partial charge on any atom is 0.243 e. The molecule has 1 atom stereocenters. The first-order chi connectivity index (χ1) is 9.90. The third-order valence-corrected chi connectivity index (χ3v) is 6.20. The maximum absolute atomic E-state index is 12.8. The van der Waals surface area contributed by atoms with Gasteiger partial charge in [0.2, 0.25) is 10.0 Å². The van der Waals surface area contributed by atoms with Gasteiger partial charge in [0.15, 0.2) is 0 Å². The van der Waals surface area contributed by atoms with Crippen LogP contribution in [0.4, 0.5) is 0 Å². The Morgan fingerprint density at radius 1 is 1.43 bits per heavy atom. The van der Waals surface area contributed by atoms with E-state index in [4.69, 9.17) is 10.5 Å². The lowest BCUT2D eigenvalue weighted by Gasteiger charge is -2.38. The number of methoxy groups -OCH3 is 1. The summed E-state index contributed by atoms with van der Waals surface area (Å²) in [5.74, 6) is 0.600. The monoisotopic (exact) mass is 377 g/mol. The Morgan fingerprint density at radius 2 is 2.14 bits per heavy atom. The van der Waals surface area contributed by atoms with E-state index in [1.165, 1.54) is 4.31 Å². The Kier molecular flexibility index (Phi) is 5.26. The molecule has 0 bridgehead atoms. The van der Waals surface area contributed by atoms with Crippen molar-refractivity contribution in [1.82, 2.24) is 9.21 Å². The van der Waals surface area contributed by atoms with Gasteiger partial charge in [-0.3, -0.25) is 0 Å². The van der Waals surface area contributed by atoms with Gasteiger partial charge in [0.05, 0.1) is 22.5 Å². The van der Waals surface area contributed by atoms with Gasteiger partial charge >= 0.3 is 0 Å². The summed E-state index contributed by atoms with van der Waals surface area (Å²) < 4.78 is 32.9. The first kappa shape index (κ1) is 16.7. The predicted octanol–water partition coefficient (Wildman–Crippen LogP) is 0.721. The van der Waals surface area contributed by atoms with Crippen LogP contribution in [0.2, 0.25) is 0 Å². The molecule has 21 heavy (non-hydrogen) atoms. The number of likely N-dealkylation sites (N-methyl/N-ethyl adjacent to an activating group) is 1. The van der Waals surface area contributed by atoms with E-state index in [1.807, 2.05) is 7.05 Å². The zero-order valence-corrected chi connectivity index (χ0v) is 14.5. The van der Waals surface area contributed by atoms with Gasteiger partial charge in [-0.15, -0.1) is 0 Å². The number of hydrogen-bond donors (Lipinski definition) is 1. The molecule has 0 radical (unpaired) electrons. The van der Waals surface area contributed by atoms with E-state index in [0.29, 0.717) is 36.4 Å². The van der Waals surface area contributed by atoms with Crippen LogP contribution in [-0.2, 0) is 10.0 Å². The van der Waals surface area contributed by atoms with Crippen LogP contribution in [0.5, 0.6) is 5.75 Å². The molecule has 0 amide bonds. The second-order valence-electron chi connectivity index (χ2n) is 5.06. The maximum atomic E-state index is 12.8. The highest BCUT2D eigenvalue weighted by Gasteiger charge is 2.34. The molecule has 1 unspecified atom stereocenters. The Bertz CT molecular complexity index is 609. The van der Waals surface area contributed by atoms with E-state index in [1.54, 1.807) is 25.3 Å². The molecule has 0 aromatic heterocycles. The molecule has 1 aliphatic rings. The van der Waals surface area contributed by atoms with Crippen molar-refractivity contribution in [1.29, 1.82) is 0 Å². The van der Waals surface area contributed by atoms with Gasteiger partial charge in [-0.05, 0) is 41.2 Å². The number of halogens is 1. The van der Waals surface area contributed by atoms with Gasteiger partial charge in [-0.2, -0.15) is 4.31 Å². The summed E-state index contributed by atoms with van der Waals surface area (Å²) in [5, 5.41) is 0. The Balaban J connectivity index is 2.34. The fourth-order valence-electron chi connectivity index (χ4n) is 2.45. The minimum atomic E-state index is -3.55. The number of benzene rings is 1. The van der Waals surface area contributed by atoms with Crippen molar-refractivity contribution < 1.29 is 13.2 Å². The lowest BCUT2D eigenvalue weighted by atomic mass is 10.2. The summed E-state index contributed by atoms with van der Waals surface area (Å²) in [6.07, 6.45) is 0. The summed E-state index contributed by atoms with van der Waals surface area (Å²) in [5.41, 5.74) is 5.74. The molecule has 1 aromatic carbocycles. The predicted molar refractivity (Wildman–Crippen MR) is 84.9 cm³/mol. The van der Waals surface area contributed by atoms with E-state index in [-0.39, 0.29) is 10.9 Å². The molecule has 1 aliphatic heterocycles. The van der Waals surface area contributed by atoms with Crippen molar-refractivity contribution in [2.45, 2.75) is 10.9 Å². The van der Waals surface area contributed by atoms with E-state index in [2.05, 4.69) is 20.8 Å². The molecule has 0 aliphatic carbocycles. The van der Waals surface area contributed by atoms with Crippen LogP contribution >= 0.6 is 15.9 Å². The van der Waals surface area contributed by atoms with Crippen molar-refractivity contribution in [3.63, 3.8) is 0 Å². The van der Waals surface area contributed by atoms with Gasteiger partial charge in [0.25, 0.3) is 0 Å². The van der Waals surface area contributed by atoms with Crippen LogP contribution < -0.4 is 10.5 Å². The number of ether oxygens (including phenoxy) is 1. The summed E-state index contributed by atoms with van der Waals surface area (Å²) in [7, 11) is -0.0434. The molecule has 6 nitrogen and oxygen atoms in total. The standard InChI is InChI=1S/C13H20BrN3O3S/c1-16-5-6-17(10(8-15)9-16)21(18,19)11-3-4-13(20-2)12(14)7-11/h3-4,7,10H,5-6,8-9,15H2,1-2H3. The summed E-state index contributed by atoms with van der Waals surface area (Å²) in [4.78, 5) is 2.34. The number of sulfonamides is 1. The number of rotatable bonds is 4. The fraction of sp³-hybridized carbons (Fsp3) is 0.538. The number of nitrogens with zero attached hydrogens (tertiary/aromatic N) is 2. The highest BCUT2D eigenvalue weighted by molar-refractivity contribution is 9.10. The molecule has 8 heteroatoms. The van der Waals surface area contributed by atoms with Gasteiger partial charge in [0, 0.05) is 26.2 Å². The molecular weight excluding hydrogens is 358 g/mol. The van der Waals surface area contributed by atoms with Gasteiger partial charge < -0.3 is 15.4 Å². The minimum Gasteiger partial charge on any atom is -0.496 e. The molecule has 1 heterocycles. The first-order valence-electron chi connectivity index (χ1n) is 6.64. The quantitative estimate of drug-likeness (QED) is 0.836. The van der Waals surface area contributed by atoms with E-state index < -0.39 is 10.0 Å². The van der Waals surface area contributed by atoms with Gasteiger partial charge in [-0.25, -0.2) is 8.42 Å². The van der Waals surface area contributed by atoms with Crippen molar-refractivity contribution in [2.24, 2.45) is 5.73 Å². The summed E-state index contributed by atoms with van der Waals surface area (Å²) in [6.45, 7) is 2.10. The zero-order chi connectivity index (χ0) is 15.6. The molecule has 0 spiro atoms. The summed E-state index contributed by atoms with van der Waals surface area (Å²) in [6, 6.07) is 4.57. The Labute approximate surface area is 134 Å². The molecule has 118 valence electrons. The van der Waals surface area contributed by atoms with Crippen molar-refractivity contribution in [3.8, 4) is 5.75 Å². The van der Waals surface area contributed by atoms with Crippen molar-refractivity contribution >= 4 is 26.0 Å². The van der Waals surface area contributed by atoms with E-state index in [0.717, 1.165) is 0 Å². The SMILES string of the molecule is COc1ccc(S(=O)(=O)N2CCN(C)CC2CN)cc1Br. The van der Waals surface area contributed by atoms with Gasteiger partial charge in [0.1, 0.15) is 5.75 Å². The van der Waals surface area contributed by atoms with Gasteiger partial charge in [-0.1, -0.05) is 0 Å². The Morgan fingerprint density at radius 3 is 2.71 bits per heavy atom. The molecular formula is C13H20BrN3O3S. The topological polar surface area (TPSA) is 75.9 Å². The van der Waals surface area contributed by atoms with Crippen LogP contribution in [-0.4, -0.2) is 64.0 Å². The van der Waals surface area contributed by atoms with Crippen molar-refractivity contribution in [3.05, 3.63) is 22.7 Å². The molecule has 2 N–H and O–H groups in total. The molecule has 1 saturated heterocycles. The number of hydrogen-bond acceptors (Lipinski definition) is 5. The van der Waals surface area contributed by atoms with E-state index >= 15 is 0 Å². The third kappa shape index (κ3) is 3.40. The smallest absolute Gasteiger partial charge is 0.243 e. The zero-order valence-electron chi connectivity index (χ0n) is 12.1. The number of nitrogens with two attached hydrogens (primary N) is 1. The second kappa shape index (κ2) is 6.62. The summed E-state index contributed by atoms with van der Waals surface area (Å²) >= 11 is 3.32. The van der Waals surface area contributed by atoms with Crippen LogP contribution in [0.25, 0.3) is 0 Å². The highest BCUT2D eigenvalue weighted by atomic mass is 79.9. The first-order valence-corrected chi connectivity index (χ1v) is 8.87. The molecule has 2 rings (SSSR count). The minimum absolute atomic E-state index is 0.199. The van der Waals surface area contributed by atoms with Crippen LogP contribution in [0.1, 0.15) is 0 Å². The molecule has 1 fully saturated rings. The highest BCUT2D eigenvalue weighted by Crippen LogP contribution is 2.29. The molecule has 1 aromatic rings. The average Bonchev–Trinajstić information content (AvgIpc) is 2.46. The van der Waals surface area contributed by atoms with Crippen molar-refractivity contribution in [2.75, 3.05) is 40.3 Å². The number of piperazine rings is 1. The second-order valence-corrected chi connectivity index (χ2v) is 7.81. The Hall–Kier alpha value is -0.670. The lowest BCUT2D eigenvalue weighted by molar-refractivity contribution is 0.164. The normalized spacial score (nSPS) is 21.4. The third-order valence-electron chi connectivity index (χ3n) is 3.63. The molecule has 0 saturated carbocycles. The van der Waals surface area contributed by atoms with Crippen LogP contribution in [0.15, 0.2) is 27.6 Å². The largest absolute Gasteiger partial charge is 0.496 e.